The molecule has 2 saturated heterocycles. The highest BCUT2D eigenvalue weighted by atomic mass is 19.1. The number of rotatable bonds is 7. The summed E-state index contributed by atoms with van der Waals surface area (Å²) in [7, 11) is 0. The van der Waals surface area contributed by atoms with Crippen molar-refractivity contribution in [3.05, 3.63) is 29.3 Å². The minimum absolute atomic E-state index is 0.0197. The van der Waals surface area contributed by atoms with Gasteiger partial charge in [0, 0.05) is 54.5 Å². The lowest BCUT2D eigenvalue weighted by atomic mass is 9.75. The number of nitrogens with zero attached hydrogens (tertiary/aromatic N) is 2. The Kier molecular flexibility index (Phi) is 6.26. The Morgan fingerprint density at radius 2 is 1.86 bits per heavy atom. The molecule has 194 valence electrons. The molecule has 2 aliphatic carbocycles. The zero-order valence-corrected chi connectivity index (χ0v) is 20.9. The van der Waals surface area contributed by atoms with E-state index in [1.807, 2.05) is 12.1 Å². The van der Waals surface area contributed by atoms with Crippen molar-refractivity contribution in [1.29, 1.82) is 0 Å². The summed E-state index contributed by atoms with van der Waals surface area (Å²) in [6, 6.07) is 5.71. The Hall–Kier alpha value is -2.48. The molecular weight excluding hydrogens is 459 g/mol. The second kappa shape index (κ2) is 9.43. The third-order valence-electron chi connectivity index (χ3n) is 9.30. The molecule has 3 amide bonds. The molecule has 3 heterocycles. The van der Waals surface area contributed by atoms with Crippen molar-refractivity contribution >= 4 is 23.4 Å². The van der Waals surface area contributed by atoms with Crippen LogP contribution in [0.5, 0.6) is 0 Å². The molecule has 0 spiro atoms. The van der Waals surface area contributed by atoms with Crippen molar-refractivity contribution in [3.63, 3.8) is 0 Å². The first-order chi connectivity index (χ1) is 17.4. The SMILES string of the molecule is O=C1CC[C@@H](N2Cc3c(NC4(CCC5CC5)CCC(N5CC[C@@H](F)C5)CC4)cccc3C2=O)C(=O)N1. The molecule has 5 aliphatic rings. The summed E-state index contributed by atoms with van der Waals surface area (Å²) in [6.07, 6.45) is 9.86. The summed E-state index contributed by atoms with van der Waals surface area (Å²) in [5.41, 5.74) is 2.59. The lowest BCUT2D eigenvalue weighted by Gasteiger charge is -2.44. The first-order valence-corrected chi connectivity index (χ1v) is 13.8. The molecule has 8 heteroatoms. The van der Waals surface area contributed by atoms with E-state index in [0.29, 0.717) is 37.5 Å². The summed E-state index contributed by atoms with van der Waals surface area (Å²) in [4.78, 5) is 41.4. The van der Waals surface area contributed by atoms with Crippen molar-refractivity contribution in [1.82, 2.24) is 15.1 Å². The smallest absolute Gasteiger partial charge is 0.255 e. The van der Waals surface area contributed by atoms with Gasteiger partial charge in [0.25, 0.3) is 5.91 Å². The van der Waals surface area contributed by atoms with Crippen LogP contribution >= 0.6 is 0 Å². The molecule has 2 saturated carbocycles. The Labute approximate surface area is 212 Å². The third-order valence-corrected chi connectivity index (χ3v) is 9.30. The number of fused-ring (bicyclic) bond motifs is 1. The highest BCUT2D eigenvalue weighted by Crippen LogP contribution is 2.44. The lowest BCUT2D eigenvalue weighted by Crippen LogP contribution is -2.52. The van der Waals surface area contributed by atoms with Crippen LogP contribution in [0.4, 0.5) is 10.1 Å². The van der Waals surface area contributed by atoms with E-state index in [9.17, 15) is 18.8 Å². The van der Waals surface area contributed by atoms with Crippen LogP contribution in [-0.2, 0) is 16.1 Å². The molecule has 0 aromatic heterocycles. The monoisotopic (exact) mass is 496 g/mol. The second-order valence-electron chi connectivity index (χ2n) is 11.7. The van der Waals surface area contributed by atoms with Crippen molar-refractivity contribution in [2.24, 2.45) is 5.92 Å². The predicted molar refractivity (Wildman–Crippen MR) is 134 cm³/mol. The zero-order chi connectivity index (χ0) is 24.9. The second-order valence-corrected chi connectivity index (χ2v) is 11.7. The first-order valence-electron chi connectivity index (χ1n) is 13.8. The quantitative estimate of drug-likeness (QED) is 0.562. The van der Waals surface area contributed by atoms with Gasteiger partial charge in [-0.2, -0.15) is 0 Å². The Bertz CT molecular complexity index is 1050. The van der Waals surface area contributed by atoms with Crippen LogP contribution in [0.3, 0.4) is 0 Å². The van der Waals surface area contributed by atoms with Gasteiger partial charge in [-0.25, -0.2) is 4.39 Å². The van der Waals surface area contributed by atoms with Gasteiger partial charge in [0.15, 0.2) is 0 Å². The minimum atomic E-state index is -0.679. The Morgan fingerprint density at radius 1 is 1.06 bits per heavy atom. The highest BCUT2D eigenvalue weighted by molar-refractivity contribution is 6.06. The topological polar surface area (TPSA) is 81.8 Å². The Balaban J connectivity index is 1.20. The molecule has 7 nitrogen and oxygen atoms in total. The fraction of sp³-hybridized carbons (Fsp3) is 0.679. The number of carbonyl (C=O) groups is 3. The highest BCUT2D eigenvalue weighted by Gasteiger charge is 2.43. The van der Waals surface area contributed by atoms with E-state index in [2.05, 4.69) is 21.6 Å². The third kappa shape index (κ3) is 4.64. The molecule has 6 rings (SSSR count). The van der Waals surface area contributed by atoms with Crippen molar-refractivity contribution in [2.45, 2.75) is 101 Å². The van der Waals surface area contributed by atoms with Gasteiger partial charge < -0.3 is 10.2 Å². The van der Waals surface area contributed by atoms with E-state index in [1.165, 1.54) is 19.3 Å². The van der Waals surface area contributed by atoms with E-state index < -0.39 is 12.2 Å². The fourth-order valence-electron chi connectivity index (χ4n) is 6.91. The number of halogens is 1. The molecule has 4 fully saturated rings. The fourth-order valence-corrected chi connectivity index (χ4v) is 6.91. The van der Waals surface area contributed by atoms with E-state index in [0.717, 1.165) is 55.8 Å². The van der Waals surface area contributed by atoms with E-state index >= 15 is 0 Å². The van der Waals surface area contributed by atoms with Gasteiger partial charge >= 0.3 is 0 Å². The maximum atomic E-state index is 13.8. The zero-order valence-electron chi connectivity index (χ0n) is 20.9. The number of imide groups is 1. The normalized spacial score (nSPS) is 33.1. The maximum Gasteiger partial charge on any atom is 0.255 e. The molecule has 0 unspecified atom stereocenters. The van der Waals surface area contributed by atoms with Gasteiger partial charge in [-0.3, -0.25) is 24.6 Å². The van der Waals surface area contributed by atoms with Gasteiger partial charge in [0.2, 0.25) is 11.8 Å². The maximum absolute atomic E-state index is 13.8. The number of hydrogen-bond donors (Lipinski definition) is 2. The number of piperidine rings is 1. The molecule has 0 radical (unpaired) electrons. The van der Waals surface area contributed by atoms with Gasteiger partial charge in [-0.1, -0.05) is 18.9 Å². The van der Waals surface area contributed by atoms with E-state index in [4.69, 9.17) is 0 Å². The van der Waals surface area contributed by atoms with Crippen LogP contribution in [0.2, 0.25) is 0 Å². The number of amides is 3. The first kappa shape index (κ1) is 23.9. The number of likely N-dealkylation sites (tertiary alicyclic amines) is 1. The lowest BCUT2D eigenvalue weighted by molar-refractivity contribution is -0.136. The van der Waals surface area contributed by atoms with Crippen molar-refractivity contribution in [2.75, 3.05) is 18.4 Å². The molecule has 1 aromatic carbocycles. The molecule has 1 aromatic rings. The summed E-state index contributed by atoms with van der Waals surface area (Å²) in [5, 5.41) is 6.32. The number of hydrogen-bond acceptors (Lipinski definition) is 5. The van der Waals surface area contributed by atoms with Crippen molar-refractivity contribution in [3.8, 4) is 0 Å². The summed E-state index contributed by atoms with van der Waals surface area (Å²) in [5.74, 6) is 0.0672. The standard InChI is InChI=1S/C28H37FN4O3/c29-19-11-15-32(16-19)20-9-13-28(14-10-20,12-8-18-4-5-18)31-23-3-1-2-21-22(23)17-33(27(21)36)24-6-7-25(34)30-26(24)35/h1-3,18-20,24,31H,4-17H2,(H,30,34,35)/t19-,20?,24-,28?/m1/s1. The average molecular weight is 497 g/mol. The minimum Gasteiger partial charge on any atom is -0.379 e. The van der Waals surface area contributed by atoms with Gasteiger partial charge in [0.1, 0.15) is 12.2 Å². The summed E-state index contributed by atoms with van der Waals surface area (Å²) >= 11 is 0. The van der Waals surface area contributed by atoms with Crippen LogP contribution in [0.25, 0.3) is 0 Å². The van der Waals surface area contributed by atoms with Crippen LogP contribution in [-0.4, -0.2) is 64.4 Å². The molecular formula is C28H37FN4O3. The van der Waals surface area contributed by atoms with E-state index in [1.54, 1.807) is 4.90 Å². The Morgan fingerprint density at radius 3 is 2.56 bits per heavy atom. The summed E-state index contributed by atoms with van der Waals surface area (Å²) < 4.78 is 13.8. The molecule has 0 bridgehead atoms. The summed E-state index contributed by atoms with van der Waals surface area (Å²) in [6.45, 7) is 1.84. The molecule has 3 aliphatic heterocycles. The van der Waals surface area contributed by atoms with Crippen LogP contribution < -0.4 is 10.6 Å². The van der Waals surface area contributed by atoms with Gasteiger partial charge in [-0.15, -0.1) is 0 Å². The number of nitrogens with one attached hydrogen (secondary N) is 2. The van der Waals surface area contributed by atoms with Gasteiger partial charge in [0.05, 0.1) is 0 Å². The van der Waals surface area contributed by atoms with E-state index in [-0.39, 0.29) is 29.7 Å². The molecule has 36 heavy (non-hydrogen) atoms. The largest absolute Gasteiger partial charge is 0.379 e. The van der Waals surface area contributed by atoms with Crippen LogP contribution in [0.15, 0.2) is 18.2 Å². The van der Waals surface area contributed by atoms with Crippen LogP contribution in [0.1, 0.15) is 86.6 Å². The predicted octanol–water partition coefficient (Wildman–Crippen LogP) is 3.77. The number of benzene rings is 1. The number of alkyl halides is 1. The van der Waals surface area contributed by atoms with Crippen molar-refractivity contribution < 1.29 is 18.8 Å². The number of carbonyl (C=O) groups excluding carboxylic acids is 3. The molecule has 2 N–H and O–H groups in total. The average Bonchev–Trinajstić information content (AvgIpc) is 3.51. The molecule has 2 atom stereocenters. The number of anilines is 1. The van der Waals surface area contributed by atoms with Crippen LogP contribution in [0, 0.1) is 5.92 Å². The van der Waals surface area contributed by atoms with Gasteiger partial charge in [-0.05, 0) is 69.4 Å².